The predicted molar refractivity (Wildman–Crippen MR) is 239 cm³/mol. The van der Waals surface area contributed by atoms with E-state index in [1.807, 2.05) is 12.1 Å². The Morgan fingerprint density at radius 2 is 1.20 bits per heavy atom. The summed E-state index contributed by atoms with van der Waals surface area (Å²) in [5.41, 5.74) is 1.12. The van der Waals surface area contributed by atoms with Crippen molar-refractivity contribution in [1.82, 2.24) is 19.7 Å². The second-order valence-corrected chi connectivity index (χ2v) is 19.4. The number of halogens is 2. The first kappa shape index (κ1) is 46.4. The largest absolute Gasteiger partial charge is 0.497 e. The number of ether oxygens (including phenoxy) is 2. The van der Waals surface area contributed by atoms with E-state index in [1.165, 1.54) is 96.3 Å². The van der Waals surface area contributed by atoms with Gasteiger partial charge in [-0.3, -0.25) is 14.8 Å². The van der Waals surface area contributed by atoms with Gasteiger partial charge in [0.1, 0.15) is 10.6 Å². The van der Waals surface area contributed by atoms with Gasteiger partial charge < -0.3 is 19.3 Å². The van der Waals surface area contributed by atoms with E-state index in [4.69, 9.17) is 9.47 Å². The van der Waals surface area contributed by atoms with Gasteiger partial charge >= 0.3 is 0 Å². The molecule has 0 unspecified atom stereocenters. The van der Waals surface area contributed by atoms with E-state index in [-0.39, 0.29) is 11.5 Å². The quantitative estimate of drug-likeness (QED) is 0.0867. The van der Waals surface area contributed by atoms with Crippen molar-refractivity contribution in [2.45, 2.75) is 151 Å². The Morgan fingerprint density at radius 1 is 0.683 bits per heavy atom. The van der Waals surface area contributed by atoms with Crippen molar-refractivity contribution in [2.75, 3.05) is 77.5 Å². The molecule has 0 bridgehead atoms. The molecule has 3 fully saturated rings. The molecular weight excluding hydrogens is 781 g/mol. The van der Waals surface area contributed by atoms with Gasteiger partial charge in [-0.25, -0.2) is 17.2 Å². The van der Waals surface area contributed by atoms with Crippen molar-refractivity contribution in [2.24, 2.45) is 0 Å². The number of piperazine rings is 1. The van der Waals surface area contributed by atoms with E-state index in [0.29, 0.717) is 53.9 Å². The Kier molecular flexibility index (Phi) is 18.1. The summed E-state index contributed by atoms with van der Waals surface area (Å²) in [4.78, 5) is 14.0. The highest BCUT2D eigenvalue weighted by atomic mass is 32.2. The molecule has 0 radical (unpaired) electrons. The van der Waals surface area contributed by atoms with E-state index in [2.05, 4.69) is 38.4 Å². The van der Waals surface area contributed by atoms with Crippen LogP contribution in [0.3, 0.4) is 0 Å². The van der Waals surface area contributed by atoms with Crippen molar-refractivity contribution >= 4 is 26.4 Å². The number of hydrogen-bond acceptors (Lipinski definition) is 9. The zero-order valence-electron chi connectivity index (χ0n) is 37.0. The summed E-state index contributed by atoms with van der Waals surface area (Å²) in [5, 5.41) is 0.630. The molecule has 0 atom stereocenters. The van der Waals surface area contributed by atoms with Crippen molar-refractivity contribution in [3.63, 3.8) is 0 Å². The highest BCUT2D eigenvalue weighted by molar-refractivity contribution is 7.91. The first-order valence-electron chi connectivity index (χ1n) is 23.5. The van der Waals surface area contributed by atoms with E-state index in [1.54, 1.807) is 13.2 Å². The van der Waals surface area contributed by atoms with Gasteiger partial charge in [0.05, 0.1) is 29.8 Å². The third-order valence-corrected chi connectivity index (χ3v) is 15.2. The number of pyridine rings is 1. The van der Waals surface area contributed by atoms with Crippen LogP contribution in [0.15, 0.2) is 46.3 Å². The van der Waals surface area contributed by atoms with Crippen molar-refractivity contribution in [3.8, 4) is 11.5 Å². The molecule has 3 aliphatic heterocycles. The molecule has 0 aliphatic carbocycles. The maximum atomic E-state index is 15.5. The van der Waals surface area contributed by atoms with Crippen LogP contribution in [-0.2, 0) is 9.84 Å². The normalized spacial score (nSPS) is 18.1. The van der Waals surface area contributed by atoms with Crippen molar-refractivity contribution < 1.29 is 26.7 Å². The lowest BCUT2D eigenvalue weighted by Gasteiger charge is -2.46. The van der Waals surface area contributed by atoms with E-state index < -0.39 is 32.1 Å². The maximum absolute atomic E-state index is 15.5. The topological polar surface area (TPSA) is 78.4 Å². The number of methoxy groups -OCH3 is 1. The van der Waals surface area contributed by atoms with Crippen molar-refractivity contribution in [3.05, 3.63) is 48.2 Å². The molecule has 3 aromatic rings. The van der Waals surface area contributed by atoms with Crippen LogP contribution in [0.4, 0.5) is 14.5 Å². The fourth-order valence-electron chi connectivity index (χ4n) is 9.74. The number of unbranched alkanes of at least 4 members (excludes halogenated alkanes) is 13. The Hall–Kier alpha value is -3.06. The van der Waals surface area contributed by atoms with Gasteiger partial charge in [-0.05, 0) is 82.1 Å². The molecular formula is C48H73F2N5O4S. The lowest BCUT2D eigenvalue weighted by Crippen LogP contribution is -2.56. The highest BCUT2D eigenvalue weighted by Gasteiger charge is 2.34. The Labute approximate surface area is 360 Å². The average molecular weight is 854 g/mol. The minimum absolute atomic E-state index is 0.0701. The summed E-state index contributed by atoms with van der Waals surface area (Å²) in [6.07, 6.45) is 22.6. The van der Waals surface area contributed by atoms with Gasteiger partial charge in [0.25, 0.3) is 0 Å². The summed E-state index contributed by atoms with van der Waals surface area (Å²) in [7, 11) is -2.83. The third-order valence-electron chi connectivity index (χ3n) is 13.5. The zero-order valence-corrected chi connectivity index (χ0v) is 37.8. The van der Waals surface area contributed by atoms with Crippen LogP contribution < -0.4 is 14.4 Å². The van der Waals surface area contributed by atoms with Crippen LogP contribution in [-0.4, -0.2) is 113 Å². The number of anilines is 1. The molecule has 6 rings (SSSR count). The van der Waals surface area contributed by atoms with Crippen LogP contribution in [0.5, 0.6) is 11.5 Å². The molecule has 0 N–H and O–H groups in total. The van der Waals surface area contributed by atoms with E-state index >= 15 is 8.78 Å². The van der Waals surface area contributed by atoms with Gasteiger partial charge in [0, 0.05) is 62.9 Å². The SMILES string of the molecule is CCCCCCCCCCCCCCCCOc1c(F)cc(S(=O)(=O)c2cnc3ccc(OC)cc3c2N2CCC(N3CCN(C4CCN(CC)CC4)CC3)CC2)cc1F. The molecule has 1 aromatic heterocycles. The summed E-state index contributed by atoms with van der Waals surface area (Å²) in [6.45, 7) is 13.7. The average Bonchev–Trinajstić information content (AvgIpc) is 3.27. The second-order valence-electron chi connectivity index (χ2n) is 17.5. The molecule has 60 heavy (non-hydrogen) atoms. The molecule has 0 saturated carbocycles. The number of nitrogens with zero attached hydrogens (tertiary/aromatic N) is 5. The smallest absolute Gasteiger partial charge is 0.210 e. The van der Waals surface area contributed by atoms with Crippen LogP contribution in [0.2, 0.25) is 0 Å². The summed E-state index contributed by atoms with van der Waals surface area (Å²) < 4.78 is 71.1. The van der Waals surface area contributed by atoms with Gasteiger partial charge in [0.15, 0.2) is 17.4 Å². The van der Waals surface area contributed by atoms with Crippen LogP contribution >= 0.6 is 0 Å². The third kappa shape index (κ3) is 12.3. The molecule has 3 saturated heterocycles. The second kappa shape index (κ2) is 23.4. The first-order chi connectivity index (χ1) is 29.2. The van der Waals surface area contributed by atoms with E-state index in [0.717, 1.165) is 77.0 Å². The fourth-order valence-corrected chi connectivity index (χ4v) is 11.2. The number of rotatable bonds is 23. The minimum Gasteiger partial charge on any atom is -0.497 e. The van der Waals surface area contributed by atoms with Gasteiger partial charge in [-0.15, -0.1) is 0 Å². The number of likely N-dealkylation sites (tertiary alicyclic amines) is 1. The Bertz CT molecular complexity index is 1850. The van der Waals surface area contributed by atoms with Crippen LogP contribution in [0.1, 0.15) is 129 Å². The number of benzene rings is 2. The number of piperidine rings is 2. The molecule has 12 heteroatoms. The Balaban J connectivity index is 1.04. The molecule has 0 spiro atoms. The Morgan fingerprint density at radius 3 is 1.72 bits per heavy atom. The predicted octanol–water partition coefficient (Wildman–Crippen LogP) is 10.3. The molecule has 3 aliphatic rings. The number of aromatic nitrogens is 1. The number of sulfone groups is 1. The van der Waals surface area contributed by atoms with Gasteiger partial charge in [-0.1, -0.05) is 97.3 Å². The van der Waals surface area contributed by atoms with Crippen LogP contribution in [0.25, 0.3) is 10.9 Å². The summed E-state index contributed by atoms with van der Waals surface area (Å²) in [5.74, 6) is -2.01. The molecule has 334 valence electrons. The number of hydrogen-bond donors (Lipinski definition) is 0. The minimum atomic E-state index is -4.40. The molecule has 2 aromatic carbocycles. The molecule has 0 amide bonds. The molecule has 9 nitrogen and oxygen atoms in total. The van der Waals surface area contributed by atoms with E-state index in [9.17, 15) is 8.42 Å². The number of fused-ring (bicyclic) bond motifs is 1. The zero-order chi connectivity index (χ0) is 42.3. The van der Waals surface area contributed by atoms with Crippen LogP contribution in [0, 0.1) is 11.6 Å². The summed E-state index contributed by atoms with van der Waals surface area (Å²) in [6, 6.07) is 8.29. The lowest BCUT2D eigenvalue weighted by molar-refractivity contribution is 0.0384. The fraction of sp³-hybridized carbons (Fsp3) is 0.688. The standard InChI is InChI=1S/C48H73F2N5O4S/c1-4-6-7-8-9-10-11-12-13-14-15-16-17-18-33-59-48-43(49)35-41(36-44(48)50)60(56,57)46-37-51-45-20-19-40(58-3)34-42(45)47(46)55-27-23-39(24-28-55)54-31-29-53(30-32-54)38-21-25-52(5-2)26-22-38/h19-20,34-39H,4-18,21-33H2,1-3H3. The monoisotopic (exact) mass is 854 g/mol. The lowest BCUT2D eigenvalue weighted by atomic mass is 9.99. The first-order valence-corrected chi connectivity index (χ1v) is 25.0. The van der Waals surface area contributed by atoms with Crippen molar-refractivity contribution in [1.29, 1.82) is 0 Å². The molecule has 4 heterocycles. The van der Waals surface area contributed by atoms with Gasteiger partial charge in [0.2, 0.25) is 9.84 Å². The maximum Gasteiger partial charge on any atom is 0.210 e. The summed E-state index contributed by atoms with van der Waals surface area (Å²) >= 11 is 0. The van der Waals surface area contributed by atoms with Gasteiger partial charge in [-0.2, -0.15) is 0 Å². The highest BCUT2D eigenvalue weighted by Crippen LogP contribution is 2.40.